The molecule has 1 amide bonds. The van der Waals surface area contributed by atoms with Gasteiger partial charge in [-0.25, -0.2) is 4.68 Å². The van der Waals surface area contributed by atoms with Crippen molar-refractivity contribution < 1.29 is 4.79 Å². The Morgan fingerprint density at radius 1 is 1.50 bits per heavy atom. The summed E-state index contributed by atoms with van der Waals surface area (Å²) in [7, 11) is 0. The van der Waals surface area contributed by atoms with Crippen LogP contribution in [0.4, 0.5) is 5.69 Å². The van der Waals surface area contributed by atoms with Crippen molar-refractivity contribution in [2.24, 2.45) is 5.73 Å². The number of benzene rings is 1. The number of nitrogens with one attached hydrogen (secondary N) is 1. The van der Waals surface area contributed by atoms with E-state index in [9.17, 15) is 4.79 Å². The zero-order valence-electron chi connectivity index (χ0n) is 11.6. The predicted molar refractivity (Wildman–Crippen MR) is 75.4 cm³/mol. The van der Waals surface area contributed by atoms with E-state index < -0.39 is 0 Å². The molecule has 0 aliphatic heterocycles. The molecule has 1 unspecified atom stereocenters. The molecule has 0 bridgehead atoms. The van der Waals surface area contributed by atoms with Crippen molar-refractivity contribution in [3.8, 4) is 5.69 Å². The Hall–Kier alpha value is -2.28. The summed E-state index contributed by atoms with van der Waals surface area (Å²) in [4.78, 5) is 11.9. The van der Waals surface area contributed by atoms with Crippen LogP contribution in [-0.4, -0.2) is 32.2 Å². The third-order valence-corrected chi connectivity index (χ3v) is 2.94. The fraction of sp³-hybridized carbons (Fsp3) is 0.385. The summed E-state index contributed by atoms with van der Waals surface area (Å²) < 4.78 is 1.54. The average Bonchev–Trinajstić information content (AvgIpc) is 2.93. The standard InChI is InChI=1S/C13H18N6O/c1-9-3-5-11(19-8-15-17-18-19)7-12(9)16-13(20)6-4-10(2)14/h3,5,7-8,10H,4,6,14H2,1-2H3,(H,16,20). The van der Waals surface area contributed by atoms with Crippen LogP contribution in [0.5, 0.6) is 0 Å². The second-order valence-electron chi connectivity index (χ2n) is 4.82. The number of hydrogen-bond donors (Lipinski definition) is 2. The van der Waals surface area contributed by atoms with E-state index in [1.54, 1.807) is 0 Å². The number of nitrogens with zero attached hydrogens (tertiary/aromatic N) is 4. The van der Waals surface area contributed by atoms with Gasteiger partial charge in [-0.1, -0.05) is 6.07 Å². The van der Waals surface area contributed by atoms with Crippen molar-refractivity contribution in [1.29, 1.82) is 0 Å². The Morgan fingerprint density at radius 2 is 2.30 bits per heavy atom. The van der Waals surface area contributed by atoms with E-state index in [0.29, 0.717) is 12.8 Å². The van der Waals surface area contributed by atoms with Gasteiger partial charge in [-0.3, -0.25) is 4.79 Å². The normalized spacial score (nSPS) is 12.2. The number of aromatic nitrogens is 4. The van der Waals surface area contributed by atoms with E-state index in [2.05, 4.69) is 20.8 Å². The Kier molecular flexibility index (Phi) is 4.41. The van der Waals surface area contributed by atoms with Crippen LogP contribution in [0.1, 0.15) is 25.3 Å². The van der Waals surface area contributed by atoms with E-state index in [1.807, 2.05) is 32.0 Å². The molecule has 2 aromatic rings. The number of carbonyl (C=O) groups is 1. The van der Waals surface area contributed by atoms with E-state index in [4.69, 9.17) is 5.73 Å². The van der Waals surface area contributed by atoms with E-state index in [0.717, 1.165) is 16.9 Å². The lowest BCUT2D eigenvalue weighted by atomic mass is 10.1. The maximum absolute atomic E-state index is 11.9. The zero-order valence-corrected chi connectivity index (χ0v) is 11.6. The van der Waals surface area contributed by atoms with Crippen molar-refractivity contribution in [3.63, 3.8) is 0 Å². The summed E-state index contributed by atoms with van der Waals surface area (Å²) in [6, 6.07) is 5.67. The highest BCUT2D eigenvalue weighted by Crippen LogP contribution is 2.19. The maximum Gasteiger partial charge on any atom is 0.224 e. The van der Waals surface area contributed by atoms with Crippen LogP contribution in [0.3, 0.4) is 0 Å². The van der Waals surface area contributed by atoms with Crippen molar-refractivity contribution >= 4 is 11.6 Å². The first kappa shape index (κ1) is 14.1. The molecule has 1 heterocycles. The molecule has 0 aliphatic carbocycles. The number of anilines is 1. The molecule has 20 heavy (non-hydrogen) atoms. The first-order valence-corrected chi connectivity index (χ1v) is 6.45. The van der Waals surface area contributed by atoms with Gasteiger partial charge in [-0.2, -0.15) is 0 Å². The molecule has 0 spiro atoms. The van der Waals surface area contributed by atoms with E-state index in [-0.39, 0.29) is 11.9 Å². The number of rotatable bonds is 5. The average molecular weight is 274 g/mol. The lowest BCUT2D eigenvalue weighted by Gasteiger charge is -2.11. The molecule has 7 heteroatoms. The first-order chi connectivity index (χ1) is 9.56. The Morgan fingerprint density at radius 3 is 2.95 bits per heavy atom. The van der Waals surface area contributed by atoms with Gasteiger partial charge in [0.1, 0.15) is 6.33 Å². The van der Waals surface area contributed by atoms with Crippen LogP contribution in [-0.2, 0) is 4.79 Å². The molecular formula is C13H18N6O. The molecule has 1 aromatic carbocycles. The van der Waals surface area contributed by atoms with Gasteiger partial charge < -0.3 is 11.1 Å². The molecule has 1 aromatic heterocycles. The van der Waals surface area contributed by atoms with Gasteiger partial charge in [0.2, 0.25) is 5.91 Å². The van der Waals surface area contributed by atoms with Crippen LogP contribution >= 0.6 is 0 Å². The molecule has 0 saturated carbocycles. The smallest absolute Gasteiger partial charge is 0.224 e. The van der Waals surface area contributed by atoms with Gasteiger partial charge in [-0.05, 0) is 48.4 Å². The summed E-state index contributed by atoms with van der Waals surface area (Å²) in [6.45, 7) is 3.82. The monoisotopic (exact) mass is 274 g/mol. The van der Waals surface area contributed by atoms with E-state index in [1.165, 1.54) is 11.0 Å². The topological polar surface area (TPSA) is 98.7 Å². The summed E-state index contributed by atoms with van der Waals surface area (Å²) in [6.07, 6.45) is 2.58. The van der Waals surface area contributed by atoms with Gasteiger partial charge in [0, 0.05) is 18.2 Å². The van der Waals surface area contributed by atoms with Crippen LogP contribution in [0, 0.1) is 6.92 Å². The van der Waals surface area contributed by atoms with Gasteiger partial charge in [0.05, 0.1) is 5.69 Å². The van der Waals surface area contributed by atoms with Crippen LogP contribution in [0.15, 0.2) is 24.5 Å². The van der Waals surface area contributed by atoms with Crippen LogP contribution in [0.25, 0.3) is 5.69 Å². The fourth-order valence-electron chi connectivity index (χ4n) is 1.74. The maximum atomic E-state index is 11.9. The number of nitrogens with two attached hydrogens (primary N) is 1. The summed E-state index contributed by atoms with van der Waals surface area (Å²) in [5, 5.41) is 13.9. The van der Waals surface area contributed by atoms with Crippen molar-refractivity contribution in [2.45, 2.75) is 32.7 Å². The molecule has 106 valence electrons. The van der Waals surface area contributed by atoms with Gasteiger partial charge >= 0.3 is 0 Å². The third-order valence-electron chi connectivity index (χ3n) is 2.94. The quantitative estimate of drug-likeness (QED) is 0.848. The van der Waals surface area contributed by atoms with Gasteiger partial charge in [0.25, 0.3) is 0 Å². The number of amides is 1. The molecule has 2 rings (SSSR count). The Balaban J connectivity index is 2.11. The lowest BCUT2D eigenvalue weighted by Crippen LogP contribution is -2.19. The number of carbonyl (C=O) groups excluding carboxylic acids is 1. The lowest BCUT2D eigenvalue weighted by molar-refractivity contribution is -0.116. The van der Waals surface area contributed by atoms with Crippen molar-refractivity contribution in [1.82, 2.24) is 20.2 Å². The highest BCUT2D eigenvalue weighted by Gasteiger charge is 2.08. The summed E-state index contributed by atoms with van der Waals surface area (Å²) in [5.74, 6) is -0.0423. The molecule has 1 atom stereocenters. The molecule has 7 nitrogen and oxygen atoms in total. The molecule has 0 radical (unpaired) electrons. The number of aryl methyl sites for hydroxylation is 1. The van der Waals surface area contributed by atoms with Gasteiger partial charge in [0.15, 0.2) is 0 Å². The fourth-order valence-corrected chi connectivity index (χ4v) is 1.74. The third kappa shape index (κ3) is 3.61. The molecular weight excluding hydrogens is 256 g/mol. The van der Waals surface area contributed by atoms with Crippen LogP contribution < -0.4 is 11.1 Å². The zero-order chi connectivity index (χ0) is 14.5. The molecule has 0 saturated heterocycles. The minimum atomic E-state index is -0.0423. The molecule has 0 fully saturated rings. The Bertz CT molecular complexity index is 579. The SMILES string of the molecule is Cc1ccc(-n2cnnn2)cc1NC(=O)CCC(C)N. The molecule has 3 N–H and O–H groups in total. The number of hydrogen-bond acceptors (Lipinski definition) is 5. The van der Waals surface area contributed by atoms with Crippen molar-refractivity contribution in [3.05, 3.63) is 30.1 Å². The minimum absolute atomic E-state index is 0.0226. The second kappa shape index (κ2) is 6.25. The highest BCUT2D eigenvalue weighted by molar-refractivity contribution is 5.91. The minimum Gasteiger partial charge on any atom is -0.328 e. The summed E-state index contributed by atoms with van der Waals surface area (Å²) >= 11 is 0. The first-order valence-electron chi connectivity index (χ1n) is 6.45. The van der Waals surface area contributed by atoms with Crippen molar-refractivity contribution in [2.75, 3.05) is 5.32 Å². The highest BCUT2D eigenvalue weighted by atomic mass is 16.1. The van der Waals surface area contributed by atoms with E-state index >= 15 is 0 Å². The van der Waals surface area contributed by atoms with Crippen LogP contribution in [0.2, 0.25) is 0 Å². The number of tetrazole rings is 1. The largest absolute Gasteiger partial charge is 0.328 e. The molecule has 0 aliphatic rings. The second-order valence-corrected chi connectivity index (χ2v) is 4.82. The summed E-state index contributed by atoms with van der Waals surface area (Å²) in [5.41, 5.74) is 8.18. The predicted octanol–water partition coefficient (Wildman–Crippen LogP) is 1.04. The van der Waals surface area contributed by atoms with Gasteiger partial charge in [-0.15, -0.1) is 5.10 Å². The Labute approximate surface area is 117 Å².